The molecule has 0 atom stereocenters. The second-order valence-electron chi connectivity index (χ2n) is 7.23. The number of pyridine rings is 4. The normalized spacial score (nSPS) is 8.87. The number of fused-ring (bicyclic) bond motifs is 6. The molecule has 1 radical (unpaired) electrons. The average molecular weight is 572 g/mol. The van der Waals surface area contributed by atoms with Crippen LogP contribution in [0.2, 0.25) is 0 Å². The molecular formula is C29H16CuN8S. The Hall–Kier alpha value is -5.17. The summed E-state index contributed by atoms with van der Waals surface area (Å²) in [6.45, 7) is 0. The number of allylic oxidation sites excluding steroid dienone is 1. The summed E-state index contributed by atoms with van der Waals surface area (Å²) in [4.78, 5) is 17.4. The van der Waals surface area contributed by atoms with E-state index in [1.165, 1.54) is 23.2 Å². The summed E-state index contributed by atoms with van der Waals surface area (Å²) < 4.78 is 0. The van der Waals surface area contributed by atoms with Crippen LogP contribution in [0.4, 0.5) is 0 Å². The van der Waals surface area contributed by atoms with Gasteiger partial charge in [0.15, 0.2) is 0 Å². The minimum atomic E-state index is -0.403. The first-order chi connectivity index (χ1) is 18.7. The molecule has 8 nitrogen and oxygen atoms in total. The van der Waals surface area contributed by atoms with Crippen LogP contribution in [0.3, 0.4) is 0 Å². The zero-order chi connectivity index (χ0) is 27.2. The summed E-state index contributed by atoms with van der Waals surface area (Å²) in [5, 5.41) is 36.4. The largest absolute Gasteiger partial charge is 2.00 e. The third kappa shape index (κ3) is 7.90. The van der Waals surface area contributed by atoms with Gasteiger partial charge in [0, 0.05) is 46.3 Å². The molecule has 189 valence electrons. The molecular weight excluding hydrogens is 556 g/mol. The van der Waals surface area contributed by atoms with Crippen LogP contribution in [0.15, 0.2) is 103 Å². The van der Waals surface area contributed by atoms with Gasteiger partial charge in [-0.05, 0) is 24.3 Å². The van der Waals surface area contributed by atoms with Crippen LogP contribution in [-0.4, -0.2) is 31.0 Å². The molecule has 10 heteroatoms. The van der Waals surface area contributed by atoms with Gasteiger partial charge in [0.2, 0.25) is 0 Å². The third-order valence-electron chi connectivity index (χ3n) is 5.02. The minimum Gasteiger partial charge on any atom is -0.762 e. The quantitative estimate of drug-likeness (QED) is 0.0672. The van der Waals surface area contributed by atoms with E-state index < -0.39 is 5.57 Å². The molecule has 39 heavy (non-hydrogen) atoms. The van der Waals surface area contributed by atoms with E-state index in [1.807, 2.05) is 24.3 Å². The van der Waals surface area contributed by atoms with Crippen LogP contribution < -0.4 is 0 Å². The van der Waals surface area contributed by atoms with Crippen molar-refractivity contribution in [1.82, 2.24) is 19.9 Å². The molecule has 0 unspecified atom stereocenters. The molecule has 0 amide bonds. The molecule has 0 aliphatic heterocycles. The Labute approximate surface area is 239 Å². The molecule has 0 aliphatic carbocycles. The number of hydrogen-bond donors (Lipinski definition) is 0. The molecule has 0 spiro atoms. The fourth-order valence-corrected chi connectivity index (χ4v) is 3.43. The van der Waals surface area contributed by atoms with Crippen LogP contribution in [0.5, 0.6) is 0 Å². The number of isothiocyanates is 1. The third-order valence-corrected chi connectivity index (χ3v) is 5.02. The molecule has 0 saturated carbocycles. The maximum Gasteiger partial charge on any atom is 2.00 e. The Morgan fingerprint density at radius 2 is 0.821 bits per heavy atom. The van der Waals surface area contributed by atoms with Gasteiger partial charge >= 0.3 is 17.1 Å². The van der Waals surface area contributed by atoms with E-state index in [0.717, 1.165) is 43.6 Å². The number of aromatic nitrogens is 4. The Morgan fingerprint density at radius 3 is 1.00 bits per heavy atom. The first kappa shape index (κ1) is 30.1. The van der Waals surface area contributed by atoms with Crippen molar-refractivity contribution in [2.24, 2.45) is 0 Å². The predicted octanol–water partition coefficient (Wildman–Crippen LogP) is 6.42. The second-order valence-corrected chi connectivity index (χ2v) is 7.42. The predicted molar refractivity (Wildman–Crippen MR) is 153 cm³/mol. The number of nitrogens with zero attached hydrogens (tertiary/aromatic N) is 8. The van der Waals surface area contributed by atoms with Crippen molar-refractivity contribution in [1.29, 1.82) is 10.5 Å². The van der Waals surface area contributed by atoms with Gasteiger partial charge in [0.1, 0.15) is 17.7 Å². The van der Waals surface area contributed by atoms with E-state index in [2.05, 4.69) is 80.7 Å². The standard InChI is InChI=1S/2C12H8N2.C4N3.CNS.Cu/c2*1-3-9-5-6-10-4-2-8-14-12(10)11(9)13-7-1;5-1-4(2-6)3-7;2-1-3;/h2*1-8H;;;/q;;2*-1;+2. The zero-order valence-electron chi connectivity index (χ0n) is 20.0. The fraction of sp³-hybridized carbons (Fsp3) is 0. The molecule has 0 saturated heterocycles. The van der Waals surface area contributed by atoms with Gasteiger partial charge in [0.05, 0.1) is 22.1 Å². The summed E-state index contributed by atoms with van der Waals surface area (Å²) in [6.07, 6.45) is 7.21. The summed E-state index contributed by atoms with van der Waals surface area (Å²) >= 11 is 3.70. The monoisotopic (exact) mass is 571 g/mol. The first-order valence-electron chi connectivity index (χ1n) is 10.9. The maximum absolute atomic E-state index is 7.79. The molecule has 0 fully saturated rings. The fourth-order valence-electron chi connectivity index (χ4n) is 3.43. The Morgan fingerprint density at radius 1 is 0.564 bits per heavy atom. The topological polar surface area (TPSA) is 144 Å². The molecule has 6 rings (SSSR count). The van der Waals surface area contributed by atoms with Crippen LogP contribution in [-0.2, 0) is 17.1 Å². The Bertz CT molecular complexity index is 1660. The zero-order valence-corrected chi connectivity index (χ0v) is 21.8. The minimum absolute atomic E-state index is 0. The number of thiocarbonyl (C=S) groups is 1. The average Bonchev–Trinajstić information content (AvgIpc) is 2.99. The van der Waals surface area contributed by atoms with Gasteiger partial charge in [0.25, 0.3) is 0 Å². The Balaban J connectivity index is 0.000000203. The van der Waals surface area contributed by atoms with Gasteiger partial charge in [-0.2, -0.15) is 15.7 Å². The van der Waals surface area contributed by atoms with Gasteiger partial charge < -0.3 is 10.8 Å². The number of nitriles is 2. The van der Waals surface area contributed by atoms with Crippen molar-refractivity contribution in [2.75, 3.05) is 0 Å². The van der Waals surface area contributed by atoms with Crippen LogP contribution in [0.1, 0.15) is 0 Å². The molecule has 0 bridgehead atoms. The van der Waals surface area contributed by atoms with Crippen molar-refractivity contribution >= 4 is 66.9 Å². The summed E-state index contributed by atoms with van der Waals surface area (Å²) in [5.74, 6) is 1.40. The molecule has 6 aromatic rings. The van der Waals surface area contributed by atoms with E-state index in [-0.39, 0.29) is 17.1 Å². The van der Waals surface area contributed by atoms with Gasteiger partial charge in [-0.25, -0.2) is 5.87 Å². The van der Waals surface area contributed by atoms with E-state index in [1.54, 1.807) is 24.8 Å². The van der Waals surface area contributed by atoms with Crippen molar-refractivity contribution in [3.63, 3.8) is 0 Å². The number of rotatable bonds is 0. The SMILES string of the molecule is N#CC(=C=[N-])C#N.[Cu+2].[N-]=C=S.c1cnc2c(c1)ccc1cccnc12.c1cnc2c(c1)ccc1cccnc12. The van der Waals surface area contributed by atoms with Gasteiger partial charge in [-0.1, -0.05) is 60.7 Å². The van der Waals surface area contributed by atoms with E-state index in [9.17, 15) is 0 Å². The summed E-state index contributed by atoms with van der Waals surface area (Å²) in [6, 6.07) is 27.1. The van der Waals surface area contributed by atoms with Crippen molar-refractivity contribution in [3.05, 3.63) is 114 Å². The molecule has 4 heterocycles. The Kier molecular flexibility index (Phi) is 12.2. The van der Waals surface area contributed by atoms with Gasteiger partial charge in [-0.15, -0.1) is 0 Å². The maximum atomic E-state index is 7.79. The van der Waals surface area contributed by atoms with E-state index in [0.29, 0.717) is 0 Å². The molecule has 4 aromatic heterocycles. The molecule has 0 N–H and O–H groups in total. The van der Waals surface area contributed by atoms with E-state index in [4.69, 9.17) is 21.3 Å². The van der Waals surface area contributed by atoms with Crippen LogP contribution in [0.25, 0.3) is 54.4 Å². The summed E-state index contributed by atoms with van der Waals surface area (Å²) in [5.41, 5.74) is 3.51. The van der Waals surface area contributed by atoms with Crippen molar-refractivity contribution in [3.8, 4) is 12.1 Å². The first-order valence-corrected chi connectivity index (χ1v) is 11.3. The van der Waals surface area contributed by atoms with Gasteiger partial charge in [-0.3, -0.25) is 19.9 Å². The smallest absolute Gasteiger partial charge is 0.762 e. The van der Waals surface area contributed by atoms with Crippen LogP contribution in [0, 0.1) is 22.7 Å². The molecule has 0 aliphatic rings. The second kappa shape index (κ2) is 15.8. The van der Waals surface area contributed by atoms with Crippen molar-refractivity contribution in [2.45, 2.75) is 0 Å². The number of benzene rings is 2. The van der Waals surface area contributed by atoms with Crippen molar-refractivity contribution < 1.29 is 17.1 Å². The molecule has 2 aromatic carbocycles. The number of hydrogen-bond acceptors (Lipinski definition) is 7. The summed E-state index contributed by atoms with van der Waals surface area (Å²) in [7, 11) is 0. The van der Waals surface area contributed by atoms with Crippen LogP contribution >= 0.6 is 12.2 Å². The van der Waals surface area contributed by atoms with E-state index >= 15 is 0 Å².